The predicted octanol–water partition coefficient (Wildman–Crippen LogP) is 0.621. The first-order valence-corrected chi connectivity index (χ1v) is 6.61. The van der Waals surface area contributed by atoms with Gasteiger partial charge in [0.15, 0.2) is 5.75 Å². The van der Waals surface area contributed by atoms with Crippen molar-refractivity contribution in [3.05, 3.63) is 35.9 Å². The van der Waals surface area contributed by atoms with Crippen molar-refractivity contribution >= 4 is 16.0 Å². The monoisotopic (exact) mass is 257 g/mol. The number of ether oxygens (including phenoxy) is 1. The van der Waals surface area contributed by atoms with Crippen molar-refractivity contribution in [2.45, 2.75) is 6.54 Å². The zero-order chi connectivity index (χ0) is 12.9. The van der Waals surface area contributed by atoms with Crippen LogP contribution in [0.25, 0.3) is 0 Å². The molecule has 0 saturated heterocycles. The summed E-state index contributed by atoms with van der Waals surface area (Å²) in [7, 11) is -1.01. The SMILES string of the molecule is COC(=O)CS(=O)(=O)N(C)Cc1ccccc1. The van der Waals surface area contributed by atoms with Crippen molar-refractivity contribution in [3.63, 3.8) is 0 Å². The third-order valence-corrected chi connectivity index (χ3v) is 3.93. The van der Waals surface area contributed by atoms with E-state index in [9.17, 15) is 13.2 Å². The molecule has 0 aliphatic carbocycles. The molecule has 1 aromatic rings. The van der Waals surface area contributed by atoms with Gasteiger partial charge in [-0.15, -0.1) is 0 Å². The van der Waals surface area contributed by atoms with E-state index in [1.54, 1.807) is 0 Å². The van der Waals surface area contributed by atoms with E-state index >= 15 is 0 Å². The van der Waals surface area contributed by atoms with Crippen LogP contribution in [0.2, 0.25) is 0 Å². The summed E-state index contributed by atoms with van der Waals surface area (Å²) in [5.41, 5.74) is 0.864. The third-order valence-electron chi connectivity index (χ3n) is 2.25. The van der Waals surface area contributed by atoms with Gasteiger partial charge in [0, 0.05) is 13.6 Å². The van der Waals surface area contributed by atoms with Gasteiger partial charge in [0.05, 0.1) is 7.11 Å². The van der Waals surface area contributed by atoms with Gasteiger partial charge in [-0.05, 0) is 5.56 Å². The van der Waals surface area contributed by atoms with Crippen molar-refractivity contribution < 1.29 is 17.9 Å². The summed E-state index contributed by atoms with van der Waals surface area (Å²) in [5, 5.41) is 0. The summed E-state index contributed by atoms with van der Waals surface area (Å²) >= 11 is 0. The number of hydrogen-bond acceptors (Lipinski definition) is 4. The van der Waals surface area contributed by atoms with Crippen LogP contribution in [0.15, 0.2) is 30.3 Å². The fourth-order valence-electron chi connectivity index (χ4n) is 1.26. The molecule has 0 bridgehead atoms. The van der Waals surface area contributed by atoms with E-state index in [2.05, 4.69) is 4.74 Å². The zero-order valence-corrected chi connectivity index (χ0v) is 10.6. The molecule has 0 saturated carbocycles. The van der Waals surface area contributed by atoms with Crippen LogP contribution in [-0.4, -0.2) is 38.6 Å². The normalized spacial score (nSPS) is 11.5. The Bertz CT molecular complexity index is 470. The van der Waals surface area contributed by atoms with Crippen LogP contribution in [0.4, 0.5) is 0 Å². The van der Waals surface area contributed by atoms with Gasteiger partial charge in [0.2, 0.25) is 10.0 Å². The third kappa shape index (κ3) is 4.16. The maximum absolute atomic E-state index is 11.7. The minimum atomic E-state index is -3.61. The van der Waals surface area contributed by atoms with Crippen molar-refractivity contribution in [2.24, 2.45) is 0 Å². The average molecular weight is 257 g/mol. The number of hydrogen-bond donors (Lipinski definition) is 0. The molecule has 0 aromatic heterocycles. The fraction of sp³-hybridized carbons (Fsp3) is 0.364. The molecule has 1 aromatic carbocycles. The Labute approximate surface area is 101 Å². The summed E-state index contributed by atoms with van der Waals surface area (Å²) in [6, 6.07) is 9.16. The van der Waals surface area contributed by atoms with Gasteiger partial charge in [0.25, 0.3) is 0 Å². The van der Waals surface area contributed by atoms with E-state index in [0.29, 0.717) is 0 Å². The number of sulfonamides is 1. The number of carbonyl (C=O) groups is 1. The molecule has 0 N–H and O–H groups in total. The highest BCUT2D eigenvalue weighted by Crippen LogP contribution is 2.07. The number of nitrogens with zero attached hydrogens (tertiary/aromatic N) is 1. The quantitative estimate of drug-likeness (QED) is 0.725. The number of rotatable bonds is 5. The smallest absolute Gasteiger partial charge is 0.322 e. The minimum absolute atomic E-state index is 0.236. The van der Waals surface area contributed by atoms with Crippen LogP contribution in [0.5, 0.6) is 0 Å². The molecule has 0 fully saturated rings. The van der Waals surface area contributed by atoms with Gasteiger partial charge in [-0.1, -0.05) is 30.3 Å². The molecule has 0 radical (unpaired) electrons. The summed E-state index contributed by atoms with van der Waals surface area (Å²) < 4.78 is 28.9. The molecular formula is C11H15NO4S. The molecule has 0 atom stereocenters. The van der Waals surface area contributed by atoms with Crippen LogP contribution < -0.4 is 0 Å². The lowest BCUT2D eigenvalue weighted by Gasteiger charge is -2.16. The number of esters is 1. The first-order valence-electron chi connectivity index (χ1n) is 5.00. The lowest BCUT2D eigenvalue weighted by Crippen LogP contribution is -2.32. The van der Waals surface area contributed by atoms with E-state index < -0.39 is 21.7 Å². The second kappa shape index (κ2) is 5.79. The number of benzene rings is 1. The van der Waals surface area contributed by atoms with Gasteiger partial charge in [-0.2, -0.15) is 0 Å². The summed E-state index contributed by atoms with van der Waals surface area (Å²) in [6.07, 6.45) is 0. The van der Waals surface area contributed by atoms with Crippen molar-refractivity contribution in [2.75, 3.05) is 19.9 Å². The van der Waals surface area contributed by atoms with Crippen molar-refractivity contribution in [1.82, 2.24) is 4.31 Å². The molecule has 5 nitrogen and oxygen atoms in total. The van der Waals surface area contributed by atoms with Crippen molar-refractivity contribution in [1.29, 1.82) is 0 Å². The molecule has 0 aliphatic rings. The maximum Gasteiger partial charge on any atom is 0.322 e. The molecule has 0 unspecified atom stereocenters. The molecule has 1 rings (SSSR count). The Morgan fingerprint density at radius 3 is 2.41 bits per heavy atom. The van der Waals surface area contributed by atoms with Gasteiger partial charge in [-0.25, -0.2) is 12.7 Å². The Morgan fingerprint density at radius 1 is 1.29 bits per heavy atom. The Hall–Kier alpha value is -1.40. The van der Waals surface area contributed by atoms with Crippen LogP contribution in [0.1, 0.15) is 5.56 Å². The molecule has 0 aliphatic heterocycles. The second-order valence-corrected chi connectivity index (χ2v) is 5.65. The van der Waals surface area contributed by atoms with Gasteiger partial charge >= 0.3 is 5.97 Å². The van der Waals surface area contributed by atoms with E-state index in [1.807, 2.05) is 30.3 Å². The van der Waals surface area contributed by atoms with Gasteiger partial charge in [0.1, 0.15) is 0 Å². The van der Waals surface area contributed by atoms with Crippen LogP contribution in [-0.2, 0) is 26.1 Å². The summed E-state index contributed by atoms with van der Waals surface area (Å²) in [5.74, 6) is -1.39. The standard InChI is InChI=1S/C11H15NO4S/c1-12(8-10-6-4-3-5-7-10)17(14,15)9-11(13)16-2/h3-7H,8-9H2,1-2H3. The van der Waals surface area contributed by atoms with E-state index in [-0.39, 0.29) is 6.54 Å². The summed E-state index contributed by atoms with van der Waals surface area (Å²) in [4.78, 5) is 11.0. The Morgan fingerprint density at radius 2 is 1.88 bits per heavy atom. The molecule has 6 heteroatoms. The minimum Gasteiger partial charge on any atom is -0.468 e. The van der Waals surface area contributed by atoms with Crippen molar-refractivity contribution in [3.8, 4) is 0 Å². The number of carbonyl (C=O) groups excluding carboxylic acids is 1. The second-order valence-electron chi connectivity index (χ2n) is 3.57. The van der Waals surface area contributed by atoms with Gasteiger partial charge in [-0.3, -0.25) is 4.79 Å². The largest absolute Gasteiger partial charge is 0.468 e. The molecule has 17 heavy (non-hydrogen) atoms. The zero-order valence-electron chi connectivity index (χ0n) is 9.79. The van der Waals surface area contributed by atoms with Gasteiger partial charge < -0.3 is 4.74 Å². The first-order chi connectivity index (χ1) is 7.95. The highest BCUT2D eigenvalue weighted by Gasteiger charge is 2.22. The first kappa shape index (κ1) is 13.7. The lowest BCUT2D eigenvalue weighted by molar-refractivity contribution is -0.137. The van der Waals surface area contributed by atoms with E-state index in [0.717, 1.165) is 17.0 Å². The maximum atomic E-state index is 11.7. The van der Waals surface area contributed by atoms with Crippen LogP contribution >= 0.6 is 0 Å². The average Bonchev–Trinajstić information content (AvgIpc) is 2.29. The van der Waals surface area contributed by atoms with Crippen LogP contribution in [0, 0.1) is 0 Å². The Kier molecular flexibility index (Phi) is 4.65. The molecule has 0 amide bonds. The predicted molar refractivity (Wildman–Crippen MR) is 63.7 cm³/mol. The number of methoxy groups -OCH3 is 1. The lowest BCUT2D eigenvalue weighted by atomic mass is 10.2. The molecule has 0 spiro atoms. The molecular weight excluding hydrogens is 242 g/mol. The highest BCUT2D eigenvalue weighted by molar-refractivity contribution is 7.89. The topological polar surface area (TPSA) is 63.7 Å². The van der Waals surface area contributed by atoms with Crippen LogP contribution in [0.3, 0.4) is 0 Å². The Balaban J connectivity index is 2.70. The van der Waals surface area contributed by atoms with E-state index in [4.69, 9.17) is 0 Å². The molecule has 94 valence electrons. The molecule has 0 heterocycles. The fourth-order valence-corrected chi connectivity index (χ4v) is 2.24. The highest BCUT2D eigenvalue weighted by atomic mass is 32.2. The summed E-state index contributed by atoms with van der Waals surface area (Å²) in [6.45, 7) is 0.236. The van der Waals surface area contributed by atoms with E-state index in [1.165, 1.54) is 7.05 Å².